The topological polar surface area (TPSA) is 116 Å². The van der Waals surface area contributed by atoms with Crippen molar-refractivity contribution in [2.45, 2.75) is 24.7 Å². The molecule has 0 saturated heterocycles. The van der Waals surface area contributed by atoms with Crippen LogP contribution in [0, 0.1) is 0 Å². The Morgan fingerprint density at radius 3 is 2.55 bits per heavy atom. The minimum absolute atomic E-state index is 0.0347. The van der Waals surface area contributed by atoms with Gasteiger partial charge in [0.1, 0.15) is 5.75 Å². The van der Waals surface area contributed by atoms with Crippen LogP contribution in [0.25, 0.3) is 10.9 Å². The van der Waals surface area contributed by atoms with Crippen molar-refractivity contribution in [2.75, 3.05) is 12.8 Å². The summed E-state index contributed by atoms with van der Waals surface area (Å²) in [4.78, 5) is 27.2. The highest BCUT2D eigenvalue weighted by atomic mass is 32.2. The fraction of sp³-hybridized carbons (Fsp3) is 0.227. The number of aromatic hydroxyl groups is 1. The number of hydrogen-bond acceptors (Lipinski definition) is 8. The SMILES string of the molecule is C=C(CSc1nc2ccccc2c(=O)n1CC(C)O)NNC.O=Cc1ccccc1O. The number of hydrogen-bond donors (Lipinski definition) is 4. The highest BCUT2D eigenvalue weighted by Crippen LogP contribution is 2.19. The van der Waals surface area contributed by atoms with Gasteiger partial charge in [-0.25, -0.2) is 10.4 Å². The lowest BCUT2D eigenvalue weighted by molar-refractivity contribution is 0.112. The van der Waals surface area contributed by atoms with Gasteiger partial charge < -0.3 is 15.6 Å². The molecule has 1 atom stereocenters. The number of benzene rings is 2. The summed E-state index contributed by atoms with van der Waals surface area (Å²) in [5, 5.41) is 19.7. The predicted molar refractivity (Wildman–Crippen MR) is 123 cm³/mol. The smallest absolute Gasteiger partial charge is 0.262 e. The molecular weight excluding hydrogens is 416 g/mol. The van der Waals surface area contributed by atoms with Gasteiger partial charge in [-0.2, -0.15) is 0 Å². The molecule has 31 heavy (non-hydrogen) atoms. The van der Waals surface area contributed by atoms with Crippen LogP contribution in [0.3, 0.4) is 0 Å². The number of para-hydroxylation sites is 2. The Bertz CT molecular complexity index is 1100. The molecule has 164 valence electrons. The number of aromatic nitrogens is 2. The molecule has 0 saturated carbocycles. The summed E-state index contributed by atoms with van der Waals surface area (Å²) >= 11 is 1.40. The summed E-state index contributed by atoms with van der Waals surface area (Å²) in [7, 11) is 1.76. The van der Waals surface area contributed by atoms with Crippen molar-refractivity contribution < 1.29 is 15.0 Å². The molecule has 0 aliphatic heterocycles. The summed E-state index contributed by atoms with van der Waals surface area (Å²) in [5.74, 6) is 0.596. The van der Waals surface area contributed by atoms with Crippen LogP contribution in [-0.2, 0) is 6.54 Å². The Hall–Kier alpha value is -3.14. The van der Waals surface area contributed by atoms with E-state index in [0.717, 1.165) is 5.70 Å². The second kappa shape index (κ2) is 11.9. The van der Waals surface area contributed by atoms with Gasteiger partial charge in [0.05, 0.1) is 29.1 Å². The number of phenolic OH excluding ortho intramolecular Hbond substituents is 1. The summed E-state index contributed by atoms with van der Waals surface area (Å²) in [5.41, 5.74) is 7.32. The number of carbonyl (C=O) groups excluding carboxylic acids is 1. The normalized spacial score (nSPS) is 11.3. The second-order valence-corrected chi connectivity index (χ2v) is 7.56. The van der Waals surface area contributed by atoms with Gasteiger partial charge in [-0.15, -0.1) is 0 Å². The molecule has 0 aliphatic carbocycles. The van der Waals surface area contributed by atoms with Crippen LogP contribution in [0.1, 0.15) is 17.3 Å². The first-order valence-electron chi connectivity index (χ1n) is 9.51. The third-order valence-corrected chi connectivity index (χ3v) is 5.08. The van der Waals surface area contributed by atoms with Crippen molar-refractivity contribution >= 4 is 29.0 Å². The average Bonchev–Trinajstić information content (AvgIpc) is 2.75. The first-order valence-corrected chi connectivity index (χ1v) is 10.5. The number of nitrogens with one attached hydrogen (secondary N) is 2. The molecule has 8 nitrogen and oxygen atoms in total. The standard InChI is InChI=1S/C15H20N4O2S.C7H6O2/c1-10(18-16-3)9-22-15-17-13-7-5-4-6-12(13)14(21)19(15)8-11(2)20;8-5-6-3-1-2-4-7(6)9/h4-7,11,16,18,20H,1,8-9H2,2-3H3;1-5,9H. The van der Waals surface area contributed by atoms with Crippen LogP contribution < -0.4 is 16.4 Å². The zero-order valence-electron chi connectivity index (χ0n) is 17.4. The molecule has 0 aliphatic rings. The Morgan fingerprint density at radius 2 is 1.94 bits per heavy atom. The Kier molecular flexibility index (Phi) is 9.26. The third kappa shape index (κ3) is 6.95. The van der Waals surface area contributed by atoms with E-state index in [-0.39, 0.29) is 17.9 Å². The van der Waals surface area contributed by atoms with Gasteiger partial charge in [-0.3, -0.25) is 14.2 Å². The molecule has 0 spiro atoms. The van der Waals surface area contributed by atoms with E-state index in [2.05, 4.69) is 22.4 Å². The average molecular weight is 443 g/mol. The van der Waals surface area contributed by atoms with Gasteiger partial charge in [0, 0.05) is 18.5 Å². The first-order chi connectivity index (χ1) is 14.9. The summed E-state index contributed by atoms with van der Waals surface area (Å²) < 4.78 is 1.52. The molecule has 2 aromatic carbocycles. The van der Waals surface area contributed by atoms with Crippen molar-refractivity contribution in [3.63, 3.8) is 0 Å². The molecule has 9 heteroatoms. The Labute approximate surface area is 184 Å². The van der Waals surface area contributed by atoms with Gasteiger partial charge in [0.25, 0.3) is 5.56 Å². The number of thioether (sulfide) groups is 1. The molecule has 3 rings (SSSR count). The number of aldehydes is 1. The molecule has 1 unspecified atom stereocenters. The number of nitrogens with zero attached hydrogens (tertiary/aromatic N) is 2. The van der Waals surface area contributed by atoms with Gasteiger partial charge in [0.15, 0.2) is 11.4 Å². The maximum Gasteiger partial charge on any atom is 0.262 e. The number of phenols is 1. The Morgan fingerprint density at radius 1 is 1.26 bits per heavy atom. The number of carbonyl (C=O) groups is 1. The van der Waals surface area contributed by atoms with E-state index >= 15 is 0 Å². The van der Waals surface area contributed by atoms with Crippen molar-refractivity contribution in [1.82, 2.24) is 20.4 Å². The van der Waals surface area contributed by atoms with Crippen LogP contribution in [-0.4, -0.2) is 45.0 Å². The number of rotatable bonds is 8. The predicted octanol–water partition coefficient (Wildman–Crippen LogP) is 2.31. The van der Waals surface area contributed by atoms with E-state index < -0.39 is 6.10 Å². The van der Waals surface area contributed by atoms with Gasteiger partial charge in [-0.05, 0) is 31.2 Å². The summed E-state index contributed by atoms with van der Waals surface area (Å²) in [6.07, 6.45) is -0.00588. The summed E-state index contributed by atoms with van der Waals surface area (Å²) in [6.45, 7) is 5.74. The van der Waals surface area contributed by atoms with Crippen molar-refractivity contribution in [3.05, 3.63) is 76.7 Å². The molecule has 4 N–H and O–H groups in total. The van der Waals surface area contributed by atoms with E-state index in [4.69, 9.17) is 5.11 Å². The Balaban J connectivity index is 0.000000316. The van der Waals surface area contributed by atoms with E-state index in [9.17, 15) is 14.7 Å². The third-order valence-electron chi connectivity index (χ3n) is 4.01. The number of aliphatic hydroxyl groups is 1. The number of hydrazine groups is 1. The van der Waals surface area contributed by atoms with Gasteiger partial charge >= 0.3 is 0 Å². The molecule has 0 amide bonds. The lowest BCUT2D eigenvalue weighted by atomic mass is 10.2. The molecule has 0 radical (unpaired) electrons. The van der Waals surface area contributed by atoms with Gasteiger partial charge in [-0.1, -0.05) is 42.6 Å². The second-order valence-electron chi connectivity index (χ2n) is 6.62. The molecular formula is C22H26N4O4S. The van der Waals surface area contributed by atoms with Gasteiger partial charge in [0.2, 0.25) is 0 Å². The molecule has 1 heterocycles. The van der Waals surface area contributed by atoms with Crippen molar-refractivity contribution in [3.8, 4) is 5.75 Å². The quantitative estimate of drug-likeness (QED) is 0.182. The van der Waals surface area contributed by atoms with E-state index in [1.807, 2.05) is 18.2 Å². The lowest BCUT2D eigenvalue weighted by Gasteiger charge is -2.15. The number of fused-ring (bicyclic) bond motifs is 1. The number of aliphatic hydroxyl groups excluding tert-OH is 1. The van der Waals surface area contributed by atoms with Crippen LogP contribution in [0.4, 0.5) is 0 Å². The fourth-order valence-electron chi connectivity index (χ4n) is 2.63. The van der Waals surface area contributed by atoms with Crippen molar-refractivity contribution in [1.29, 1.82) is 0 Å². The van der Waals surface area contributed by atoms with Crippen LogP contribution in [0.5, 0.6) is 5.75 Å². The monoisotopic (exact) mass is 442 g/mol. The lowest BCUT2D eigenvalue weighted by Crippen LogP contribution is -2.29. The highest BCUT2D eigenvalue weighted by molar-refractivity contribution is 7.99. The van der Waals surface area contributed by atoms with E-state index in [0.29, 0.717) is 33.7 Å². The van der Waals surface area contributed by atoms with Crippen LogP contribution in [0.15, 0.2) is 70.8 Å². The van der Waals surface area contributed by atoms with Crippen LogP contribution >= 0.6 is 11.8 Å². The highest BCUT2D eigenvalue weighted by Gasteiger charge is 2.13. The maximum absolute atomic E-state index is 12.6. The molecule has 1 aromatic heterocycles. The fourth-order valence-corrected chi connectivity index (χ4v) is 3.49. The van der Waals surface area contributed by atoms with Crippen LogP contribution in [0.2, 0.25) is 0 Å². The minimum Gasteiger partial charge on any atom is -0.507 e. The van der Waals surface area contributed by atoms with Crippen molar-refractivity contribution in [2.24, 2.45) is 0 Å². The maximum atomic E-state index is 12.6. The molecule has 0 bridgehead atoms. The van der Waals surface area contributed by atoms with E-state index in [1.165, 1.54) is 22.4 Å². The molecule has 0 fully saturated rings. The largest absolute Gasteiger partial charge is 0.507 e. The zero-order chi connectivity index (χ0) is 22.8. The zero-order valence-corrected chi connectivity index (χ0v) is 18.2. The summed E-state index contributed by atoms with van der Waals surface area (Å²) in [6, 6.07) is 13.6. The molecule has 3 aromatic rings. The first kappa shape index (κ1) is 24.1. The minimum atomic E-state index is -0.626. The van der Waals surface area contributed by atoms with E-state index in [1.54, 1.807) is 38.2 Å².